The third kappa shape index (κ3) is 2.35. The number of benzene rings is 1. The molecule has 3 rings (SSSR count). The maximum atomic E-state index is 5.88. The molecule has 0 saturated heterocycles. The minimum absolute atomic E-state index is 0.503. The number of methoxy groups -OCH3 is 1. The number of pyridine rings is 1. The highest BCUT2D eigenvalue weighted by Crippen LogP contribution is 2.31. The second-order valence-corrected chi connectivity index (χ2v) is 5.06. The molecule has 4 nitrogen and oxygen atoms in total. The highest BCUT2D eigenvalue weighted by atomic mass is 32.1. The molecular formula is C15H13N3OS. The normalized spacial score (nSPS) is 10.4. The molecule has 2 heterocycles. The molecule has 0 aliphatic rings. The van der Waals surface area contributed by atoms with Crippen LogP contribution in [0.1, 0.15) is 0 Å². The van der Waals surface area contributed by atoms with Crippen LogP contribution in [0.4, 0.5) is 5.82 Å². The summed E-state index contributed by atoms with van der Waals surface area (Å²) in [5.41, 5.74) is 8.73. The summed E-state index contributed by atoms with van der Waals surface area (Å²) in [6.45, 7) is 0. The van der Waals surface area contributed by atoms with Crippen molar-refractivity contribution in [3.05, 3.63) is 48.0 Å². The van der Waals surface area contributed by atoms with Crippen LogP contribution in [0.3, 0.4) is 0 Å². The lowest BCUT2D eigenvalue weighted by atomic mass is 10.2. The highest BCUT2D eigenvalue weighted by molar-refractivity contribution is 7.13. The van der Waals surface area contributed by atoms with E-state index in [1.165, 1.54) is 0 Å². The number of nitrogen functional groups attached to an aromatic ring is 1. The van der Waals surface area contributed by atoms with Crippen molar-refractivity contribution < 1.29 is 4.74 Å². The molecule has 0 spiro atoms. The number of ether oxygens (including phenoxy) is 1. The number of anilines is 1. The molecule has 0 fully saturated rings. The van der Waals surface area contributed by atoms with Gasteiger partial charge in [0.05, 0.1) is 18.4 Å². The quantitative estimate of drug-likeness (QED) is 0.799. The van der Waals surface area contributed by atoms with Crippen molar-refractivity contribution in [2.75, 3.05) is 12.8 Å². The van der Waals surface area contributed by atoms with Crippen LogP contribution in [-0.4, -0.2) is 17.1 Å². The molecule has 2 aromatic heterocycles. The molecule has 20 heavy (non-hydrogen) atoms. The molecule has 0 aliphatic heterocycles. The van der Waals surface area contributed by atoms with E-state index >= 15 is 0 Å². The summed E-state index contributed by atoms with van der Waals surface area (Å²) in [4.78, 5) is 8.71. The second-order valence-electron chi connectivity index (χ2n) is 4.20. The minimum atomic E-state index is 0.503. The van der Waals surface area contributed by atoms with E-state index in [4.69, 9.17) is 10.5 Å². The van der Waals surface area contributed by atoms with E-state index in [0.29, 0.717) is 5.82 Å². The topological polar surface area (TPSA) is 61.0 Å². The number of rotatable bonds is 3. The van der Waals surface area contributed by atoms with Crippen molar-refractivity contribution in [3.63, 3.8) is 0 Å². The maximum Gasteiger partial charge on any atom is 0.133 e. The van der Waals surface area contributed by atoms with Gasteiger partial charge in [-0.2, -0.15) is 0 Å². The molecule has 0 bridgehead atoms. The van der Waals surface area contributed by atoms with Crippen molar-refractivity contribution >= 4 is 17.2 Å². The molecular weight excluding hydrogens is 270 g/mol. The number of nitrogens with zero attached hydrogens (tertiary/aromatic N) is 2. The van der Waals surface area contributed by atoms with E-state index in [1.807, 2.05) is 41.8 Å². The Morgan fingerprint density at radius 3 is 2.65 bits per heavy atom. The maximum absolute atomic E-state index is 5.88. The van der Waals surface area contributed by atoms with Gasteiger partial charge in [0.25, 0.3) is 0 Å². The number of aromatic nitrogens is 2. The Balaban J connectivity index is 1.95. The van der Waals surface area contributed by atoms with Crippen LogP contribution in [-0.2, 0) is 0 Å². The summed E-state index contributed by atoms with van der Waals surface area (Å²) in [5.74, 6) is 1.34. The fourth-order valence-electron chi connectivity index (χ4n) is 1.89. The minimum Gasteiger partial charge on any atom is -0.497 e. The van der Waals surface area contributed by atoms with E-state index in [0.717, 1.165) is 27.6 Å². The predicted molar refractivity (Wildman–Crippen MR) is 81.7 cm³/mol. The monoisotopic (exact) mass is 283 g/mol. The first-order valence-corrected chi connectivity index (χ1v) is 6.96. The molecule has 0 radical (unpaired) electrons. The number of nitrogens with two attached hydrogens (primary N) is 1. The van der Waals surface area contributed by atoms with Crippen molar-refractivity contribution in [2.24, 2.45) is 0 Å². The van der Waals surface area contributed by atoms with Gasteiger partial charge in [-0.25, -0.2) is 9.97 Å². The molecule has 0 atom stereocenters. The van der Waals surface area contributed by atoms with Gasteiger partial charge < -0.3 is 10.5 Å². The van der Waals surface area contributed by atoms with Gasteiger partial charge >= 0.3 is 0 Å². The average Bonchev–Trinajstić information content (AvgIpc) is 2.97. The lowest BCUT2D eigenvalue weighted by Gasteiger charge is -2.01. The Hall–Kier alpha value is -2.40. The zero-order chi connectivity index (χ0) is 13.9. The largest absolute Gasteiger partial charge is 0.497 e. The van der Waals surface area contributed by atoms with Crippen molar-refractivity contribution in [3.8, 4) is 27.6 Å². The smallest absolute Gasteiger partial charge is 0.133 e. The van der Waals surface area contributed by atoms with Crippen LogP contribution in [0.25, 0.3) is 21.8 Å². The molecule has 100 valence electrons. The number of hydrogen-bond acceptors (Lipinski definition) is 5. The standard InChI is InChI=1S/C15H13N3OS/c1-19-11-6-4-10(5-7-11)13-9-20-15(18-13)12-3-2-8-17-14(12)16/h2-9H,1H3,(H2,16,17). The SMILES string of the molecule is COc1ccc(-c2csc(-c3cccnc3N)n2)cc1. The Morgan fingerprint density at radius 1 is 1.15 bits per heavy atom. The summed E-state index contributed by atoms with van der Waals surface area (Å²) in [6, 6.07) is 11.6. The van der Waals surface area contributed by atoms with E-state index in [9.17, 15) is 0 Å². The summed E-state index contributed by atoms with van der Waals surface area (Å²) in [5, 5.41) is 2.89. The van der Waals surface area contributed by atoms with Gasteiger partial charge in [-0.1, -0.05) is 0 Å². The third-order valence-corrected chi connectivity index (χ3v) is 3.83. The van der Waals surface area contributed by atoms with E-state index < -0.39 is 0 Å². The molecule has 0 saturated carbocycles. The summed E-state index contributed by atoms with van der Waals surface area (Å²) < 4.78 is 5.15. The van der Waals surface area contributed by atoms with Crippen molar-refractivity contribution in [1.82, 2.24) is 9.97 Å². The zero-order valence-electron chi connectivity index (χ0n) is 10.9. The fraction of sp³-hybridized carbons (Fsp3) is 0.0667. The molecule has 3 aromatic rings. The first-order chi connectivity index (χ1) is 9.78. The van der Waals surface area contributed by atoms with Crippen molar-refractivity contribution in [2.45, 2.75) is 0 Å². The van der Waals surface area contributed by atoms with E-state index in [2.05, 4.69) is 9.97 Å². The van der Waals surface area contributed by atoms with Crippen LogP contribution in [0.5, 0.6) is 5.75 Å². The van der Waals surface area contributed by atoms with Crippen LogP contribution in [0.2, 0.25) is 0 Å². The van der Waals surface area contributed by atoms with Gasteiger partial charge in [-0.3, -0.25) is 0 Å². The Labute approximate surface area is 120 Å². The summed E-state index contributed by atoms with van der Waals surface area (Å²) >= 11 is 1.56. The van der Waals surface area contributed by atoms with Gasteiger partial charge in [0.2, 0.25) is 0 Å². The van der Waals surface area contributed by atoms with Gasteiger partial charge in [0.1, 0.15) is 16.6 Å². The van der Waals surface area contributed by atoms with Crippen LogP contribution < -0.4 is 10.5 Å². The second kappa shape index (κ2) is 5.30. The molecule has 1 aromatic carbocycles. The van der Waals surface area contributed by atoms with Crippen LogP contribution in [0, 0.1) is 0 Å². The Bertz CT molecular complexity index is 722. The lowest BCUT2D eigenvalue weighted by molar-refractivity contribution is 0.415. The van der Waals surface area contributed by atoms with E-state index in [1.54, 1.807) is 24.6 Å². The molecule has 0 amide bonds. The first kappa shape index (κ1) is 12.6. The zero-order valence-corrected chi connectivity index (χ0v) is 11.7. The van der Waals surface area contributed by atoms with Crippen molar-refractivity contribution in [1.29, 1.82) is 0 Å². The molecule has 5 heteroatoms. The third-order valence-electron chi connectivity index (χ3n) is 2.96. The van der Waals surface area contributed by atoms with Crippen LogP contribution >= 0.6 is 11.3 Å². The summed E-state index contributed by atoms with van der Waals surface area (Å²) in [7, 11) is 1.65. The molecule has 0 unspecified atom stereocenters. The summed E-state index contributed by atoms with van der Waals surface area (Å²) in [6.07, 6.45) is 1.68. The van der Waals surface area contributed by atoms with Gasteiger partial charge in [0.15, 0.2) is 0 Å². The number of thiazole rings is 1. The van der Waals surface area contributed by atoms with Crippen LogP contribution in [0.15, 0.2) is 48.0 Å². The first-order valence-electron chi connectivity index (χ1n) is 6.09. The van der Waals surface area contributed by atoms with E-state index in [-0.39, 0.29) is 0 Å². The Kier molecular flexibility index (Phi) is 3.35. The fourth-order valence-corrected chi connectivity index (χ4v) is 2.75. The Morgan fingerprint density at radius 2 is 1.95 bits per heavy atom. The van der Waals surface area contributed by atoms with Gasteiger partial charge in [-0.05, 0) is 36.4 Å². The molecule has 2 N–H and O–H groups in total. The molecule has 0 aliphatic carbocycles. The lowest BCUT2D eigenvalue weighted by Crippen LogP contribution is -1.92. The van der Waals surface area contributed by atoms with Gasteiger partial charge in [0, 0.05) is 17.1 Å². The van der Waals surface area contributed by atoms with Gasteiger partial charge in [-0.15, -0.1) is 11.3 Å². The number of hydrogen-bond donors (Lipinski definition) is 1. The highest BCUT2D eigenvalue weighted by Gasteiger charge is 2.09. The average molecular weight is 283 g/mol. The predicted octanol–water partition coefficient (Wildman–Crippen LogP) is 3.46.